The molecule has 0 aliphatic heterocycles. The first-order valence-electron chi connectivity index (χ1n) is 5.90. The number of phenols is 2. The molecule has 1 unspecified atom stereocenters. The van der Waals surface area contributed by atoms with Gasteiger partial charge in [0.2, 0.25) is 0 Å². The molecule has 4 heteroatoms. The Balaban J connectivity index is 2.52. The van der Waals surface area contributed by atoms with E-state index in [1.165, 1.54) is 6.07 Å². The van der Waals surface area contributed by atoms with E-state index in [0.29, 0.717) is 19.2 Å². The zero-order chi connectivity index (χ0) is 12.7. The van der Waals surface area contributed by atoms with Crippen LogP contribution in [-0.2, 0) is 11.3 Å². The van der Waals surface area contributed by atoms with Gasteiger partial charge in [0.15, 0.2) is 0 Å². The van der Waals surface area contributed by atoms with Gasteiger partial charge in [-0.25, -0.2) is 0 Å². The summed E-state index contributed by atoms with van der Waals surface area (Å²) in [7, 11) is 1.68. The molecule has 0 fully saturated rings. The fourth-order valence-corrected chi connectivity index (χ4v) is 1.75. The topological polar surface area (TPSA) is 61.7 Å². The van der Waals surface area contributed by atoms with Crippen molar-refractivity contribution < 1.29 is 14.9 Å². The number of phenolic OH excluding ortho intramolecular Hbond substituents is 2. The van der Waals surface area contributed by atoms with Gasteiger partial charge in [-0.3, -0.25) is 0 Å². The first-order chi connectivity index (χ1) is 8.17. The summed E-state index contributed by atoms with van der Waals surface area (Å²) in [5.74, 6) is 0.193. The summed E-state index contributed by atoms with van der Waals surface area (Å²) in [5.41, 5.74) is 0.778. The van der Waals surface area contributed by atoms with E-state index in [2.05, 4.69) is 12.2 Å². The van der Waals surface area contributed by atoms with Gasteiger partial charge in [-0.15, -0.1) is 0 Å². The minimum absolute atomic E-state index is 0.0771. The zero-order valence-corrected chi connectivity index (χ0v) is 10.4. The lowest BCUT2D eigenvalue weighted by Gasteiger charge is -2.17. The molecular weight excluding hydrogens is 218 g/mol. The highest BCUT2D eigenvalue weighted by Gasteiger charge is 2.08. The largest absolute Gasteiger partial charge is 0.508 e. The van der Waals surface area contributed by atoms with E-state index in [4.69, 9.17) is 4.74 Å². The summed E-state index contributed by atoms with van der Waals surface area (Å²) in [6, 6.07) is 4.93. The summed E-state index contributed by atoms with van der Waals surface area (Å²) in [5, 5.41) is 22.1. The van der Waals surface area contributed by atoms with Crippen LogP contribution in [0.5, 0.6) is 11.5 Å². The predicted molar refractivity (Wildman–Crippen MR) is 67.2 cm³/mol. The average Bonchev–Trinajstić information content (AvgIpc) is 2.28. The molecule has 0 saturated heterocycles. The molecule has 0 heterocycles. The fraction of sp³-hybridized carbons (Fsp3) is 0.538. The van der Waals surface area contributed by atoms with Crippen LogP contribution in [0.15, 0.2) is 18.2 Å². The number of benzene rings is 1. The normalized spacial score (nSPS) is 12.6. The second kappa shape index (κ2) is 7.14. The van der Waals surface area contributed by atoms with Crippen molar-refractivity contribution in [1.29, 1.82) is 0 Å². The molecule has 0 spiro atoms. The highest BCUT2D eigenvalue weighted by atomic mass is 16.5. The highest BCUT2D eigenvalue weighted by Crippen LogP contribution is 2.22. The predicted octanol–water partition coefficient (Wildman–Crippen LogP) is 2.00. The van der Waals surface area contributed by atoms with E-state index < -0.39 is 0 Å². The Labute approximate surface area is 102 Å². The standard InChI is InChI=1S/C13H21NO3/c1-3-4-11(9-17-2)14-8-10-5-6-12(15)7-13(10)16/h5-7,11,14-16H,3-4,8-9H2,1-2H3. The van der Waals surface area contributed by atoms with Crippen LogP contribution < -0.4 is 5.32 Å². The first-order valence-corrected chi connectivity index (χ1v) is 5.90. The minimum Gasteiger partial charge on any atom is -0.508 e. The maximum Gasteiger partial charge on any atom is 0.123 e. The number of nitrogens with one attached hydrogen (secondary N) is 1. The Morgan fingerprint density at radius 1 is 1.35 bits per heavy atom. The summed E-state index contributed by atoms with van der Waals surface area (Å²) in [4.78, 5) is 0. The van der Waals surface area contributed by atoms with Crippen molar-refractivity contribution in [2.75, 3.05) is 13.7 Å². The lowest BCUT2D eigenvalue weighted by molar-refractivity contribution is 0.161. The first kappa shape index (κ1) is 13.8. The molecule has 0 aliphatic carbocycles. The molecule has 0 saturated carbocycles. The van der Waals surface area contributed by atoms with Gasteiger partial charge in [0.1, 0.15) is 11.5 Å². The van der Waals surface area contributed by atoms with Gasteiger partial charge in [0, 0.05) is 31.3 Å². The third kappa shape index (κ3) is 4.63. The summed E-state index contributed by atoms with van der Waals surface area (Å²) < 4.78 is 5.13. The van der Waals surface area contributed by atoms with Crippen molar-refractivity contribution in [2.45, 2.75) is 32.4 Å². The minimum atomic E-state index is 0.0771. The van der Waals surface area contributed by atoms with E-state index in [0.717, 1.165) is 18.4 Å². The van der Waals surface area contributed by atoms with Crippen molar-refractivity contribution in [1.82, 2.24) is 5.32 Å². The van der Waals surface area contributed by atoms with Gasteiger partial charge < -0.3 is 20.3 Å². The molecule has 1 aromatic carbocycles. The van der Waals surface area contributed by atoms with Crippen molar-refractivity contribution in [3.05, 3.63) is 23.8 Å². The van der Waals surface area contributed by atoms with Crippen LogP contribution in [0.4, 0.5) is 0 Å². The smallest absolute Gasteiger partial charge is 0.123 e. The third-order valence-corrected chi connectivity index (χ3v) is 2.66. The molecule has 0 bridgehead atoms. The van der Waals surface area contributed by atoms with Gasteiger partial charge in [-0.05, 0) is 12.5 Å². The monoisotopic (exact) mass is 239 g/mol. The van der Waals surface area contributed by atoms with Gasteiger partial charge in [-0.2, -0.15) is 0 Å². The molecular formula is C13H21NO3. The van der Waals surface area contributed by atoms with E-state index in [1.54, 1.807) is 19.2 Å². The van der Waals surface area contributed by atoms with Crippen LogP contribution in [-0.4, -0.2) is 30.0 Å². The summed E-state index contributed by atoms with van der Waals surface area (Å²) >= 11 is 0. The molecule has 96 valence electrons. The van der Waals surface area contributed by atoms with E-state index >= 15 is 0 Å². The van der Waals surface area contributed by atoms with E-state index in [-0.39, 0.29) is 11.5 Å². The van der Waals surface area contributed by atoms with Gasteiger partial charge in [0.25, 0.3) is 0 Å². The van der Waals surface area contributed by atoms with Crippen molar-refractivity contribution in [3.8, 4) is 11.5 Å². The Bertz CT molecular complexity index is 335. The molecule has 0 aromatic heterocycles. The lowest BCUT2D eigenvalue weighted by Crippen LogP contribution is -2.32. The maximum absolute atomic E-state index is 9.63. The number of rotatable bonds is 7. The van der Waals surface area contributed by atoms with Crippen LogP contribution >= 0.6 is 0 Å². The Kier molecular flexibility index (Phi) is 5.80. The van der Waals surface area contributed by atoms with Crippen molar-refractivity contribution in [2.24, 2.45) is 0 Å². The molecule has 0 radical (unpaired) electrons. The zero-order valence-electron chi connectivity index (χ0n) is 10.4. The molecule has 0 aliphatic rings. The van der Waals surface area contributed by atoms with Gasteiger partial charge in [0.05, 0.1) is 6.61 Å². The Morgan fingerprint density at radius 3 is 2.71 bits per heavy atom. The fourth-order valence-electron chi connectivity index (χ4n) is 1.75. The molecule has 1 rings (SSSR count). The number of hydrogen-bond acceptors (Lipinski definition) is 4. The van der Waals surface area contributed by atoms with E-state index in [1.807, 2.05) is 0 Å². The van der Waals surface area contributed by atoms with Crippen LogP contribution in [0.2, 0.25) is 0 Å². The molecule has 17 heavy (non-hydrogen) atoms. The van der Waals surface area contributed by atoms with Crippen LogP contribution in [0, 0.1) is 0 Å². The second-order valence-electron chi connectivity index (χ2n) is 4.13. The Hall–Kier alpha value is -1.26. The number of hydrogen-bond donors (Lipinski definition) is 3. The Morgan fingerprint density at radius 2 is 2.12 bits per heavy atom. The third-order valence-electron chi connectivity index (χ3n) is 2.66. The molecule has 0 amide bonds. The number of methoxy groups -OCH3 is 1. The van der Waals surface area contributed by atoms with Crippen molar-refractivity contribution in [3.63, 3.8) is 0 Å². The summed E-state index contributed by atoms with van der Waals surface area (Å²) in [6.45, 7) is 3.36. The lowest BCUT2D eigenvalue weighted by atomic mass is 10.1. The van der Waals surface area contributed by atoms with E-state index in [9.17, 15) is 10.2 Å². The quantitative estimate of drug-likeness (QED) is 0.681. The van der Waals surface area contributed by atoms with Crippen molar-refractivity contribution >= 4 is 0 Å². The number of aromatic hydroxyl groups is 2. The molecule has 1 aromatic rings. The number of ether oxygens (including phenoxy) is 1. The molecule has 4 nitrogen and oxygen atoms in total. The summed E-state index contributed by atoms with van der Waals surface area (Å²) in [6.07, 6.45) is 2.12. The highest BCUT2D eigenvalue weighted by molar-refractivity contribution is 5.38. The molecule has 3 N–H and O–H groups in total. The second-order valence-corrected chi connectivity index (χ2v) is 4.13. The van der Waals surface area contributed by atoms with Gasteiger partial charge >= 0.3 is 0 Å². The maximum atomic E-state index is 9.63. The SMILES string of the molecule is CCCC(COC)NCc1ccc(O)cc1O. The molecule has 1 atom stereocenters. The van der Waals surface area contributed by atoms with Gasteiger partial charge in [-0.1, -0.05) is 19.4 Å². The van der Waals surface area contributed by atoms with Crippen LogP contribution in [0.25, 0.3) is 0 Å². The van der Waals surface area contributed by atoms with Crippen LogP contribution in [0.1, 0.15) is 25.3 Å². The van der Waals surface area contributed by atoms with Crippen LogP contribution in [0.3, 0.4) is 0 Å². The average molecular weight is 239 g/mol.